The average Bonchev–Trinajstić information content (AvgIpc) is 3.40. The van der Waals surface area contributed by atoms with Gasteiger partial charge in [0.1, 0.15) is 11.4 Å². The molecule has 2 heterocycles. The van der Waals surface area contributed by atoms with Crippen LogP contribution in [0.2, 0.25) is 5.02 Å². The smallest absolute Gasteiger partial charge is 0.263 e. The Balaban J connectivity index is 1.45. The van der Waals surface area contributed by atoms with Crippen molar-refractivity contribution in [3.63, 3.8) is 0 Å². The van der Waals surface area contributed by atoms with Gasteiger partial charge in [-0.2, -0.15) is 0 Å². The molecule has 0 saturated heterocycles. The number of thiophene rings is 1. The van der Waals surface area contributed by atoms with Gasteiger partial charge in [-0.05, 0) is 56.3 Å². The van der Waals surface area contributed by atoms with Crippen LogP contribution in [0.5, 0.6) is 5.75 Å². The summed E-state index contributed by atoms with van der Waals surface area (Å²) in [5.41, 5.74) is 5.65. The quantitative estimate of drug-likeness (QED) is 0.428. The number of hydrogen-bond donors (Lipinski definition) is 2. The molecule has 3 N–H and O–H groups in total. The molecule has 0 atom stereocenters. The van der Waals surface area contributed by atoms with Crippen molar-refractivity contribution in [2.75, 3.05) is 0 Å². The summed E-state index contributed by atoms with van der Waals surface area (Å²) in [5.74, 6) is -0.227. The van der Waals surface area contributed by atoms with Crippen LogP contribution in [0, 0.1) is 0 Å². The minimum atomic E-state index is -1.10. The highest BCUT2D eigenvalue weighted by Crippen LogP contribution is 2.30. The summed E-state index contributed by atoms with van der Waals surface area (Å²) in [6, 6.07) is 14.2. The number of halogens is 1. The van der Waals surface area contributed by atoms with Crippen molar-refractivity contribution < 1.29 is 14.3 Å². The Bertz CT molecular complexity index is 1300. The first kappa shape index (κ1) is 21.8. The maximum absolute atomic E-state index is 12.7. The van der Waals surface area contributed by atoms with Gasteiger partial charge >= 0.3 is 0 Å². The number of benzene rings is 2. The van der Waals surface area contributed by atoms with E-state index in [1.807, 2.05) is 18.2 Å². The van der Waals surface area contributed by atoms with Crippen molar-refractivity contribution in [2.24, 2.45) is 5.73 Å². The number of rotatable bonds is 7. The van der Waals surface area contributed by atoms with Crippen molar-refractivity contribution in [1.29, 1.82) is 0 Å². The van der Waals surface area contributed by atoms with Crippen LogP contribution in [0.3, 0.4) is 0 Å². The topological polar surface area (TPSA) is 112 Å². The highest BCUT2D eigenvalue weighted by molar-refractivity contribution is 7.20. The molecule has 32 heavy (non-hydrogen) atoms. The van der Waals surface area contributed by atoms with Crippen LogP contribution < -0.4 is 15.8 Å². The normalized spacial score (nSPS) is 11.5. The number of amides is 2. The van der Waals surface area contributed by atoms with Crippen molar-refractivity contribution in [3.05, 3.63) is 70.3 Å². The number of primary amides is 1. The zero-order valence-electron chi connectivity index (χ0n) is 17.3. The van der Waals surface area contributed by atoms with E-state index in [2.05, 4.69) is 15.6 Å². The summed E-state index contributed by atoms with van der Waals surface area (Å²) in [5, 5.41) is 12.6. The van der Waals surface area contributed by atoms with E-state index < -0.39 is 11.5 Å². The van der Waals surface area contributed by atoms with Crippen LogP contribution in [0.1, 0.15) is 29.2 Å². The van der Waals surface area contributed by atoms with Gasteiger partial charge in [-0.1, -0.05) is 22.9 Å². The predicted octanol–water partition coefficient (Wildman–Crippen LogP) is 3.71. The van der Waals surface area contributed by atoms with E-state index in [1.165, 1.54) is 11.3 Å². The predicted molar refractivity (Wildman–Crippen MR) is 123 cm³/mol. The fourth-order valence-corrected chi connectivity index (χ4v) is 4.15. The molecule has 0 aliphatic heterocycles. The molecule has 0 saturated carbocycles. The minimum Gasteiger partial charge on any atom is -0.478 e. The van der Waals surface area contributed by atoms with E-state index in [0.717, 1.165) is 15.8 Å². The van der Waals surface area contributed by atoms with Crippen LogP contribution in [0.15, 0.2) is 54.7 Å². The monoisotopic (exact) mass is 469 g/mol. The molecule has 0 radical (unpaired) electrons. The summed E-state index contributed by atoms with van der Waals surface area (Å²) in [6.45, 7) is 3.54. The number of aromatic nitrogens is 3. The summed E-state index contributed by atoms with van der Waals surface area (Å²) in [7, 11) is 0. The zero-order chi connectivity index (χ0) is 22.9. The molecular weight excluding hydrogens is 450 g/mol. The van der Waals surface area contributed by atoms with Crippen molar-refractivity contribution in [1.82, 2.24) is 20.3 Å². The third-order valence-corrected chi connectivity index (χ3v) is 6.10. The second-order valence-electron chi connectivity index (χ2n) is 7.57. The zero-order valence-corrected chi connectivity index (χ0v) is 18.9. The van der Waals surface area contributed by atoms with Crippen molar-refractivity contribution >= 4 is 44.8 Å². The number of fused-ring (bicyclic) bond motifs is 1. The number of nitrogens with two attached hydrogens (primary N) is 1. The Morgan fingerprint density at radius 1 is 1.22 bits per heavy atom. The van der Waals surface area contributed by atoms with Gasteiger partial charge in [0.15, 0.2) is 5.60 Å². The highest BCUT2D eigenvalue weighted by atomic mass is 35.5. The molecule has 0 aliphatic carbocycles. The lowest BCUT2D eigenvalue weighted by molar-refractivity contribution is -0.134. The Hall–Kier alpha value is -3.43. The number of nitrogens with zero attached hydrogens (tertiary/aromatic N) is 3. The minimum absolute atomic E-state index is 0.179. The molecule has 4 rings (SSSR count). The molecule has 8 nitrogen and oxygen atoms in total. The van der Waals surface area contributed by atoms with Gasteiger partial charge in [0.25, 0.3) is 11.8 Å². The molecule has 10 heteroatoms. The van der Waals surface area contributed by atoms with Crippen LogP contribution >= 0.6 is 22.9 Å². The molecule has 164 valence electrons. The number of carbonyl (C=O) groups excluding carboxylic acids is 2. The summed E-state index contributed by atoms with van der Waals surface area (Å²) in [6.07, 6.45) is 1.73. The first-order chi connectivity index (χ1) is 15.2. The lowest BCUT2D eigenvalue weighted by Gasteiger charge is -2.25. The van der Waals surface area contributed by atoms with Gasteiger partial charge in [0.2, 0.25) is 0 Å². The number of carbonyl (C=O) groups is 2. The molecule has 2 aromatic carbocycles. The number of hydrogen-bond acceptors (Lipinski definition) is 6. The third kappa shape index (κ3) is 4.58. The summed E-state index contributed by atoms with van der Waals surface area (Å²) in [4.78, 5) is 24.7. The van der Waals surface area contributed by atoms with Crippen molar-refractivity contribution in [2.45, 2.75) is 26.0 Å². The van der Waals surface area contributed by atoms with Crippen LogP contribution in [0.25, 0.3) is 15.8 Å². The largest absolute Gasteiger partial charge is 0.478 e. The van der Waals surface area contributed by atoms with Gasteiger partial charge in [-0.3, -0.25) is 9.59 Å². The standard InChI is InChI=1S/C22H20ClN5O3S/c1-22(2,31-15-8-6-13(23)7-9-15)21(30)25-11-14-12-28(27-26-14)17-4-3-5-18-16(17)10-19(32-18)20(24)29/h3-10,12H,11H2,1-2H3,(H2,24,29)(H,25,30). The summed E-state index contributed by atoms with van der Waals surface area (Å²) >= 11 is 7.21. The molecule has 2 amide bonds. The fourth-order valence-electron chi connectivity index (χ4n) is 3.09. The van der Waals surface area contributed by atoms with Gasteiger partial charge < -0.3 is 15.8 Å². The molecule has 2 aromatic heterocycles. The number of ether oxygens (including phenoxy) is 1. The number of nitrogens with one attached hydrogen (secondary N) is 1. The SMILES string of the molecule is CC(C)(Oc1ccc(Cl)cc1)C(=O)NCc1cn(-c2cccc3sc(C(N)=O)cc23)nn1. The molecule has 0 unspecified atom stereocenters. The maximum Gasteiger partial charge on any atom is 0.263 e. The van der Waals surface area contributed by atoms with Crippen LogP contribution in [-0.2, 0) is 11.3 Å². The molecule has 0 fully saturated rings. The Morgan fingerprint density at radius 3 is 2.69 bits per heavy atom. The Kier molecular flexibility index (Phi) is 5.86. The average molecular weight is 470 g/mol. The van der Waals surface area contributed by atoms with E-state index in [4.69, 9.17) is 22.1 Å². The maximum atomic E-state index is 12.7. The third-order valence-electron chi connectivity index (χ3n) is 4.73. The van der Waals surface area contributed by atoms with E-state index >= 15 is 0 Å². The molecule has 0 bridgehead atoms. The molecule has 0 spiro atoms. The van der Waals surface area contributed by atoms with Gasteiger partial charge in [-0.15, -0.1) is 16.4 Å². The first-order valence-electron chi connectivity index (χ1n) is 9.70. The molecule has 4 aromatic rings. The van der Waals surface area contributed by atoms with Gasteiger partial charge in [0.05, 0.1) is 23.3 Å². The fraction of sp³-hybridized carbons (Fsp3) is 0.182. The van der Waals surface area contributed by atoms with Crippen molar-refractivity contribution in [3.8, 4) is 11.4 Å². The van der Waals surface area contributed by atoms with Crippen LogP contribution in [-0.4, -0.2) is 32.4 Å². The second-order valence-corrected chi connectivity index (χ2v) is 9.09. The van der Waals surface area contributed by atoms with Gasteiger partial charge in [0, 0.05) is 15.1 Å². The lowest BCUT2D eigenvalue weighted by Crippen LogP contribution is -2.46. The lowest BCUT2D eigenvalue weighted by atomic mass is 10.1. The molecular formula is C22H20ClN5O3S. The van der Waals surface area contributed by atoms with E-state index in [0.29, 0.717) is 21.3 Å². The van der Waals surface area contributed by atoms with E-state index in [1.54, 1.807) is 55.1 Å². The van der Waals surface area contributed by atoms with Gasteiger partial charge in [-0.25, -0.2) is 4.68 Å². The Morgan fingerprint density at radius 2 is 1.97 bits per heavy atom. The summed E-state index contributed by atoms with van der Waals surface area (Å²) < 4.78 is 8.33. The van der Waals surface area contributed by atoms with Crippen LogP contribution in [0.4, 0.5) is 0 Å². The highest BCUT2D eigenvalue weighted by Gasteiger charge is 2.30. The van der Waals surface area contributed by atoms with E-state index in [-0.39, 0.29) is 12.5 Å². The second kappa shape index (κ2) is 8.60. The van der Waals surface area contributed by atoms with E-state index in [9.17, 15) is 9.59 Å². The first-order valence-corrected chi connectivity index (χ1v) is 10.9. The molecule has 0 aliphatic rings. The Labute approximate surface area is 192 Å².